The Hall–Kier alpha value is -1.43. The van der Waals surface area contributed by atoms with Crippen molar-refractivity contribution in [2.45, 2.75) is 19.9 Å². The van der Waals surface area contributed by atoms with Crippen LogP contribution in [0.1, 0.15) is 24.3 Å². The molecule has 0 aliphatic carbocycles. The third kappa shape index (κ3) is 4.83. The average molecular weight is 269 g/mol. The number of hydrogen-bond donors (Lipinski definition) is 2. The van der Waals surface area contributed by atoms with Gasteiger partial charge in [0.05, 0.1) is 11.9 Å². The molecular formula is C12H19N3O2S. The van der Waals surface area contributed by atoms with Gasteiger partial charge in [0.25, 0.3) is 5.91 Å². The predicted octanol–water partition coefficient (Wildman–Crippen LogP) is 1.01. The third-order valence-electron chi connectivity index (χ3n) is 2.24. The molecule has 1 rings (SSSR count). The quantitative estimate of drug-likeness (QED) is 0.808. The van der Waals surface area contributed by atoms with Gasteiger partial charge in [0.2, 0.25) is 0 Å². The summed E-state index contributed by atoms with van der Waals surface area (Å²) in [7, 11) is -0.920. The number of nitrogens with one attached hydrogen (secondary N) is 2. The molecule has 18 heavy (non-hydrogen) atoms. The van der Waals surface area contributed by atoms with Crippen molar-refractivity contribution < 1.29 is 9.00 Å². The number of carbonyl (C=O) groups is 1. The number of hydrogen-bond acceptors (Lipinski definition) is 4. The first-order valence-corrected chi connectivity index (χ1v) is 7.56. The summed E-state index contributed by atoms with van der Waals surface area (Å²) < 4.78 is 11.0. The van der Waals surface area contributed by atoms with Gasteiger partial charge in [0.1, 0.15) is 5.69 Å². The number of rotatable bonds is 6. The first kappa shape index (κ1) is 14.6. The van der Waals surface area contributed by atoms with Crippen molar-refractivity contribution >= 4 is 22.4 Å². The zero-order valence-electron chi connectivity index (χ0n) is 10.9. The molecular weight excluding hydrogens is 250 g/mol. The molecule has 0 fully saturated rings. The standard InChI is InChI=1S/C12H19N3O2S/c1-4-13-10-5-6-11(14-7-10)12(16)15-9(2)8-18(3)17/h5-7,9,13H,4,8H2,1-3H3,(H,15,16). The van der Waals surface area contributed by atoms with Gasteiger partial charge in [0, 0.05) is 35.4 Å². The van der Waals surface area contributed by atoms with E-state index in [1.807, 2.05) is 19.9 Å². The van der Waals surface area contributed by atoms with Gasteiger partial charge in [-0.3, -0.25) is 9.00 Å². The molecule has 2 atom stereocenters. The smallest absolute Gasteiger partial charge is 0.270 e. The fraction of sp³-hybridized carbons (Fsp3) is 0.500. The SMILES string of the molecule is CCNc1ccc(C(=O)NC(C)CS(C)=O)nc1. The third-order valence-corrected chi connectivity index (χ3v) is 3.21. The van der Waals surface area contributed by atoms with E-state index in [0.717, 1.165) is 12.2 Å². The molecule has 1 aromatic heterocycles. The van der Waals surface area contributed by atoms with E-state index in [1.165, 1.54) is 0 Å². The number of aromatic nitrogens is 1. The second kappa shape index (κ2) is 7.10. The van der Waals surface area contributed by atoms with Crippen LogP contribution in [0.25, 0.3) is 0 Å². The molecule has 5 nitrogen and oxygen atoms in total. The number of amides is 1. The van der Waals surface area contributed by atoms with E-state index in [0.29, 0.717) is 11.4 Å². The zero-order chi connectivity index (χ0) is 13.5. The normalized spacial score (nSPS) is 13.7. The van der Waals surface area contributed by atoms with Crippen LogP contribution in [-0.4, -0.2) is 39.7 Å². The Morgan fingerprint density at radius 3 is 2.72 bits per heavy atom. The lowest BCUT2D eigenvalue weighted by atomic mass is 10.3. The molecule has 0 saturated heterocycles. The van der Waals surface area contributed by atoms with Crippen LogP contribution in [0.15, 0.2) is 18.3 Å². The summed E-state index contributed by atoms with van der Waals surface area (Å²) in [6.07, 6.45) is 3.24. The lowest BCUT2D eigenvalue weighted by Crippen LogP contribution is -2.36. The molecule has 0 radical (unpaired) electrons. The first-order valence-electron chi connectivity index (χ1n) is 5.83. The van der Waals surface area contributed by atoms with Crippen molar-refractivity contribution in [3.63, 3.8) is 0 Å². The maximum Gasteiger partial charge on any atom is 0.270 e. The number of nitrogens with zero attached hydrogens (tertiary/aromatic N) is 1. The molecule has 1 heterocycles. The van der Waals surface area contributed by atoms with Crippen molar-refractivity contribution in [3.8, 4) is 0 Å². The van der Waals surface area contributed by atoms with Crippen molar-refractivity contribution in [1.29, 1.82) is 0 Å². The van der Waals surface area contributed by atoms with Crippen molar-refractivity contribution in [3.05, 3.63) is 24.0 Å². The van der Waals surface area contributed by atoms with Gasteiger partial charge >= 0.3 is 0 Å². The van der Waals surface area contributed by atoms with Crippen LogP contribution in [0.4, 0.5) is 5.69 Å². The van der Waals surface area contributed by atoms with Crippen molar-refractivity contribution in [1.82, 2.24) is 10.3 Å². The van der Waals surface area contributed by atoms with Gasteiger partial charge in [-0.1, -0.05) is 0 Å². The Morgan fingerprint density at radius 1 is 1.50 bits per heavy atom. The predicted molar refractivity (Wildman–Crippen MR) is 74.3 cm³/mol. The Labute approximate surface area is 110 Å². The average Bonchev–Trinajstić information content (AvgIpc) is 2.29. The highest BCUT2D eigenvalue weighted by Gasteiger charge is 2.11. The molecule has 0 aromatic carbocycles. The summed E-state index contributed by atoms with van der Waals surface area (Å²) in [6, 6.07) is 3.36. The van der Waals surface area contributed by atoms with E-state index >= 15 is 0 Å². The highest BCUT2D eigenvalue weighted by atomic mass is 32.2. The fourth-order valence-electron chi connectivity index (χ4n) is 1.53. The highest BCUT2D eigenvalue weighted by molar-refractivity contribution is 7.84. The van der Waals surface area contributed by atoms with Crippen LogP contribution in [0.3, 0.4) is 0 Å². The maximum absolute atomic E-state index is 11.8. The van der Waals surface area contributed by atoms with Gasteiger partial charge in [0.15, 0.2) is 0 Å². The van der Waals surface area contributed by atoms with Crippen LogP contribution >= 0.6 is 0 Å². The van der Waals surface area contributed by atoms with Crippen LogP contribution in [0, 0.1) is 0 Å². The van der Waals surface area contributed by atoms with Crippen LogP contribution < -0.4 is 10.6 Å². The van der Waals surface area contributed by atoms with Crippen LogP contribution in [-0.2, 0) is 10.8 Å². The minimum Gasteiger partial charge on any atom is -0.384 e. The largest absolute Gasteiger partial charge is 0.384 e. The van der Waals surface area contributed by atoms with Gasteiger partial charge in [-0.25, -0.2) is 4.98 Å². The molecule has 100 valence electrons. The lowest BCUT2D eigenvalue weighted by Gasteiger charge is -2.12. The summed E-state index contributed by atoms with van der Waals surface area (Å²) in [5.41, 5.74) is 1.25. The second-order valence-corrected chi connectivity index (χ2v) is 5.56. The number of carbonyl (C=O) groups excluding carboxylic acids is 1. The molecule has 0 spiro atoms. The Kier molecular flexibility index (Phi) is 5.77. The Balaban J connectivity index is 2.58. The summed E-state index contributed by atoms with van der Waals surface area (Å²) in [5.74, 6) is 0.206. The minimum absolute atomic E-state index is 0.126. The van der Waals surface area contributed by atoms with Crippen LogP contribution in [0.2, 0.25) is 0 Å². The van der Waals surface area contributed by atoms with E-state index in [9.17, 15) is 9.00 Å². The molecule has 0 aliphatic heterocycles. The van der Waals surface area contributed by atoms with E-state index < -0.39 is 10.8 Å². The summed E-state index contributed by atoms with van der Waals surface area (Å²) in [6.45, 7) is 4.63. The monoisotopic (exact) mass is 269 g/mol. The summed E-state index contributed by atoms with van der Waals surface area (Å²) in [4.78, 5) is 15.9. The minimum atomic E-state index is -0.920. The molecule has 0 bridgehead atoms. The molecule has 0 aliphatic rings. The van der Waals surface area contributed by atoms with E-state index in [-0.39, 0.29) is 11.9 Å². The zero-order valence-corrected chi connectivity index (χ0v) is 11.7. The molecule has 1 aromatic rings. The molecule has 2 N–H and O–H groups in total. The summed E-state index contributed by atoms with van der Waals surface area (Å²) in [5, 5.41) is 5.87. The maximum atomic E-state index is 11.8. The van der Waals surface area contributed by atoms with Gasteiger partial charge in [-0.2, -0.15) is 0 Å². The van der Waals surface area contributed by atoms with E-state index in [4.69, 9.17) is 0 Å². The molecule has 2 unspecified atom stereocenters. The molecule has 6 heteroatoms. The number of pyridine rings is 1. The Morgan fingerprint density at radius 2 is 2.22 bits per heavy atom. The van der Waals surface area contributed by atoms with E-state index in [1.54, 1.807) is 18.5 Å². The van der Waals surface area contributed by atoms with Gasteiger partial charge in [-0.15, -0.1) is 0 Å². The number of anilines is 1. The molecule has 0 saturated carbocycles. The second-order valence-electron chi connectivity index (χ2n) is 4.08. The fourth-order valence-corrected chi connectivity index (χ4v) is 2.32. The van der Waals surface area contributed by atoms with Crippen molar-refractivity contribution in [2.24, 2.45) is 0 Å². The topological polar surface area (TPSA) is 71.1 Å². The van der Waals surface area contributed by atoms with E-state index in [2.05, 4.69) is 15.6 Å². The van der Waals surface area contributed by atoms with Gasteiger partial charge in [-0.05, 0) is 26.0 Å². The molecule has 1 amide bonds. The van der Waals surface area contributed by atoms with Crippen molar-refractivity contribution in [2.75, 3.05) is 23.9 Å². The summed E-state index contributed by atoms with van der Waals surface area (Å²) >= 11 is 0. The lowest BCUT2D eigenvalue weighted by molar-refractivity contribution is 0.0938. The van der Waals surface area contributed by atoms with Crippen LogP contribution in [0.5, 0.6) is 0 Å². The Bertz CT molecular complexity index is 420. The van der Waals surface area contributed by atoms with Gasteiger partial charge < -0.3 is 10.6 Å². The highest BCUT2D eigenvalue weighted by Crippen LogP contribution is 2.05. The first-order chi connectivity index (χ1) is 8.52.